The van der Waals surface area contributed by atoms with Gasteiger partial charge >= 0.3 is 0 Å². The van der Waals surface area contributed by atoms with Gasteiger partial charge < -0.3 is 15.0 Å². The van der Waals surface area contributed by atoms with Gasteiger partial charge in [0.1, 0.15) is 18.0 Å². The molecule has 3 rings (SSSR count). The van der Waals surface area contributed by atoms with Crippen molar-refractivity contribution in [3.8, 4) is 0 Å². The number of halogens is 1. The number of rotatable bonds is 14. The molecule has 1 aliphatic rings. The number of aromatic nitrogens is 3. The Kier molecular flexibility index (Phi) is 12.9. The van der Waals surface area contributed by atoms with Crippen molar-refractivity contribution in [2.75, 3.05) is 26.8 Å². The minimum Gasteiger partial charge on any atom is -0.382 e. The smallest absolute Gasteiger partial charge is 0.291 e. The first kappa shape index (κ1) is 30.4. The second kappa shape index (κ2) is 16.1. The lowest BCUT2D eigenvalue weighted by Crippen LogP contribution is -2.43. The number of amides is 2. The Bertz CT molecular complexity index is 1080. The van der Waals surface area contributed by atoms with Crippen molar-refractivity contribution in [2.24, 2.45) is 0 Å². The molecule has 0 spiro atoms. The van der Waals surface area contributed by atoms with E-state index in [4.69, 9.17) is 4.74 Å². The van der Waals surface area contributed by atoms with E-state index in [1.807, 2.05) is 24.9 Å². The van der Waals surface area contributed by atoms with Crippen molar-refractivity contribution in [3.63, 3.8) is 0 Å². The van der Waals surface area contributed by atoms with Crippen LogP contribution in [0, 0.1) is 5.82 Å². The summed E-state index contributed by atoms with van der Waals surface area (Å²) in [6, 6.07) is 6.31. The Balaban J connectivity index is 0.00000118. The first-order valence-electron chi connectivity index (χ1n) is 12.5. The number of benzene rings is 1. The number of nitrogens with zero attached hydrogens (tertiary/aromatic N) is 5. The van der Waals surface area contributed by atoms with Gasteiger partial charge in [0.25, 0.3) is 5.91 Å². The first-order chi connectivity index (χ1) is 18.3. The molecule has 0 radical (unpaired) electrons. The largest absolute Gasteiger partial charge is 0.382 e. The van der Waals surface area contributed by atoms with Gasteiger partial charge in [-0.2, -0.15) is 0 Å². The molecule has 2 heterocycles. The Hall–Kier alpha value is -3.83. The molecule has 2 unspecified atom stereocenters. The highest BCUT2D eigenvalue weighted by Crippen LogP contribution is 2.17. The van der Waals surface area contributed by atoms with E-state index in [-0.39, 0.29) is 30.3 Å². The molecule has 38 heavy (non-hydrogen) atoms. The summed E-state index contributed by atoms with van der Waals surface area (Å²) in [6.45, 7) is 12.6. The van der Waals surface area contributed by atoms with Gasteiger partial charge in [-0.15, -0.1) is 5.10 Å². The third kappa shape index (κ3) is 9.56. The summed E-state index contributed by atoms with van der Waals surface area (Å²) in [4.78, 5) is 29.4. The fraction of sp³-hybridized carbons (Fsp3) is 0.407. The number of ether oxygens (including phenoxy) is 1. The Morgan fingerprint density at radius 1 is 1.34 bits per heavy atom. The molecule has 1 aromatic carbocycles. The van der Waals surface area contributed by atoms with E-state index in [0.717, 1.165) is 18.7 Å². The molecule has 0 saturated carbocycles. The summed E-state index contributed by atoms with van der Waals surface area (Å²) in [5.74, 6) is 0.0646. The molecule has 2 atom stereocenters. The van der Waals surface area contributed by atoms with Crippen LogP contribution in [-0.4, -0.2) is 75.9 Å². The Morgan fingerprint density at radius 2 is 2.08 bits per heavy atom. The monoisotopic (exact) mass is 527 g/mol. The maximum Gasteiger partial charge on any atom is 0.291 e. The van der Waals surface area contributed by atoms with Gasteiger partial charge in [-0.25, -0.2) is 19.5 Å². The zero-order valence-electron chi connectivity index (χ0n) is 22.3. The summed E-state index contributed by atoms with van der Waals surface area (Å²) >= 11 is 0. The van der Waals surface area contributed by atoms with E-state index in [2.05, 4.69) is 34.0 Å². The second-order valence-electron chi connectivity index (χ2n) is 8.61. The molecule has 2 aromatic rings. The Labute approximate surface area is 223 Å². The van der Waals surface area contributed by atoms with Crippen LogP contribution in [0.3, 0.4) is 0 Å². The first-order valence-corrected chi connectivity index (χ1v) is 12.5. The minimum absolute atomic E-state index is 0.0275. The molecular formula is C27H38FN7O3. The summed E-state index contributed by atoms with van der Waals surface area (Å²) in [5.41, 5.74) is 3.84. The molecule has 11 heteroatoms. The Morgan fingerprint density at radius 3 is 2.74 bits per heavy atom. The van der Waals surface area contributed by atoms with E-state index < -0.39 is 5.91 Å². The topological polar surface area (TPSA) is 105 Å². The highest BCUT2D eigenvalue weighted by Gasteiger charge is 2.25. The zero-order valence-corrected chi connectivity index (χ0v) is 22.3. The molecule has 2 N–H and O–H groups in total. The molecule has 0 aliphatic carbocycles. The van der Waals surface area contributed by atoms with E-state index in [1.165, 1.54) is 22.0 Å². The number of hydrazine groups is 1. The van der Waals surface area contributed by atoms with E-state index in [9.17, 15) is 14.0 Å². The standard InChI is InChI=1S/C23H32FN7O3.C4H6/c1-4-34-12-10-19-13-21(29(3)16-32)31(27-19)11-9-17(2)26-23(33)22-25-15-30(28-22)14-18-7-5-6-8-20(18)24;1-3-4-2/h5-8,13,15-17,19,27H,4,9-12,14H2,1-3H3,(H,26,33);3-4H,1-2H2. The molecular weight excluding hydrogens is 489 g/mol. The van der Waals surface area contributed by atoms with Crippen LogP contribution in [0.2, 0.25) is 0 Å². The van der Waals surface area contributed by atoms with Crippen LogP contribution >= 0.6 is 0 Å². The van der Waals surface area contributed by atoms with Gasteiger partial charge in [-0.05, 0) is 38.8 Å². The van der Waals surface area contributed by atoms with Crippen LogP contribution in [0.25, 0.3) is 0 Å². The predicted octanol–water partition coefficient (Wildman–Crippen LogP) is 2.88. The molecule has 1 aromatic heterocycles. The third-order valence-corrected chi connectivity index (χ3v) is 5.60. The number of carbonyl (C=O) groups is 2. The fourth-order valence-corrected chi connectivity index (χ4v) is 3.58. The zero-order chi connectivity index (χ0) is 27.9. The third-order valence-electron chi connectivity index (χ3n) is 5.60. The average molecular weight is 528 g/mol. The summed E-state index contributed by atoms with van der Waals surface area (Å²) in [7, 11) is 1.70. The number of carbonyl (C=O) groups excluding carboxylic acids is 2. The molecule has 1 aliphatic heterocycles. The van der Waals surface area contributed by atoms with E-state index in [0.29, 0.717) is 31.7 Å². The van der Waals surface area contributed by atoms with Crippen molar-refractivity contribution in [3.05, 3.63) is 85.0 Å². The minimum atomic E-state index is -0.399. The quantitative estimate of drug-likeness (QED) is 0.221. The lowest BCUT2D eigenvalue weighted by molar-refractivity contribution is -0.116. The molecule has 0 fully saturated rings. The van der Waals surface area contributed by atoms with Crippen LogP contribution < -0.4 is 10.7 Å². The van der Waals surface area contributed by atoms with Gasteiger partial charge in [-0.1, -0.05) is 43.5 Å². The highest BCUT2D eigenvalue weighted by atomic mass is 19.1. The molecule has 0 saturated heterocycles. The molecule has 10 nitrogen and oxygen atoms in total. The van der Waals surface area contributed by atoms with Crippen molar-refractivity contribution in [1.82, 2.24) is 35.4 Å². The van der Waals surface area contributed by atoms with Crippen molar-refractivity contribution >= 4 is 12.3 Å². The lowest BCUT2D eigenvalue weighted by Gasteiger charge is -2.28. The van der Waals surface area contributed by atoms with Gasteiger partial charge in [0.05, 0.1) is 12.6 Å². The average Bonchev–Trinajstić information content (AvgIpc) is 3.56. The predicted molar refractivity (Wildman–Crippen MR) is 144 cm³/mol. The SMILES string of the molecule is C=CC=C.CCOCCC1C=C(N(C)C=O)N(CCC(C)NC(=O)c2ncn(Cc3ccccc3F)n2)N1. The highest BCUT2D eigenvalue weighted by molar-refractivity contribution is 5.90. The van der Waals surface area contributed by atoms with Crippen molar-refractivity contribution < 1.29 is 18.7 Å². The van der Waals surface area contributed by atoms with Crippen LogP contribution in [-0.2, 0) is 16.1 Å². The van der Waals surface area contributed by atoms with Crippen LogP contribution in [0.4, 0.5) is 4.39 Å². The van der Waals surface area contributed by atoms with Gasteiger partial charge in [-0.3, -0.25) is 14.6 Å². The summed E-state index contributed by atoms with van der Waals surface area (Å²) in [5, 5.41) is 8.97. The molecule has 2 amide bonds. The maximum absolute atomic E-state index is 13.8. The molecule has 206 valence electrons. The maximum atomic E-state index is 13.8. The van der Waals surface area contributed by atoms with Crippen LogP contribution in [0.5, 0.6) is 0 Å². The summed E-state index contributed by atoms with van der Waals surface area (Å²) in [6.07, 6.45) is 8.86. The second-order valence-corrected chi connectivity index (χ2v) is 8.61. The number of hydrogen-bond acceptors (Lipinski definition) is 7. The van der Waals surface area contributed by atoms with Gasteiger partial charge in [0, 0.05) is 38.4 Å². The number of nitrogens with one attached hydrogen (secondary N) is 2. The van der Waals surface area contributed by atoms with E-state index >= 15 is 0 Å². The lowest BCUT2D eigenvalue weighted by atomic mass is 10.2. The number of allylic oxidation sites excluding steroid dienone is 2. The van der Waals surface area contributed by atoms with Gasteiger partial charge in [0.15, 0.2) is 0 Å². The summed E-state index contributed by atoms with van der Waals surface area (Å²) < 4.78 is 20.7. The fourth-order valence-electron chi connectivity index (χ4n) is 3.58. The molecule has 0 bridgehead atoms. The van der Waals surface area contributed by atoms with Crippen molar-refractivity contribution in [2.45, 2.75) is 45.3 Å². The van der Waals surface area contributed by atoms with E-state index in [1.54, 1.807) is 37.4 Å². The normalized spacial score (nSPS) is 15.1. The van der Waals surface area contributed by atoms with Crippen LogP contribution in [0.15, 0.2) is 67.8 Å². The van der Waals surface area contributed by atoms with Crippen molar-refractivity contribution in [1.29, 1.82) is 0 Å². The number of hydrogen-bond donors (Lipinski definition) is 2. The van der Waals surface area contributed by atoms with Gasteiger partial charge in [0.2, 0.25) is 12.2 Å². The van der Waals surface area contributed by atoms with Crippen LogP contribution in [0.1, 0.15) is 42.9 Å².